The number of nitrogens with one attached hydrogen (secondary N) is 1. The van der Waals surface area contributed by atoms with E-state index in [1.165, 1.54) is 0 Å². The van der Waals surface area contributed by atoms with E-state index >= 15 is 0 Å². The molecule has 0 aliphatic heterocycles. The van der Waals surface area contributed by atoms with E-state index in [0.29, 0.717) is 28.7 Å². The minimum Gasteiger partial charge on any atom is -0.436 e. The lowest BCUT2D eigenvalue weighted by Crippen LogP contribution is -2.29. The predicted octanol–water partition coefficient (Wildman–Crippen LogP) is 2.58. The summed E-state index contributed by atoms with van der Waals surface area (Å²) in [6, 6.07) is 0. The Balaban J connectivity index is 2.50. The van der Waals surface area contributed by atoms with Crippen molar-refractivity contribution in [2.75, 3.05) is 6.54 Å². The van der Waals surface area contributed by atoms with Gasteiger partial charge >= 0.3 is 0 Å². The van der Waals surface area contributed by atoms with Crippen LogP contribution in [0.15, 0.2) is 4.42 Å². The average Bonchev–Trinajstić information content (AvgIpc) is 2.55. The maximum absolute atomic E-state index is 11.7. The van der Waals surface area contributed by atoms with Crippen molar-refractivity contribution in [3.05, 3.63) is 17.3 Å². The number of aryl methyl sites for hydroxylation is 2. The molecule has 5 heteroatoms. The van der Waals surface area contributed by atoms with Gasteiger partial charge in [0.1, 0.15) is 0 Å². The topological polar surface area (TPSA) is 55.1 Å². The van der Waals surface area contributed by atoms with Crippen molar-refractivity contribution in [2.45, 2.75) is 38.4 Å². The summed E-state index contributed by atoms with van der Waals surface area (Å²) in [6.45, 7) is 6.21. The summed E-state index contributed by atoms with van der Waals surface area (Å²) in [5, 5.41) is 2.82. The maximum Gasteiger partial charge on any atom is 0.289 e. The van der Waals surface area contributed by atoms with Gasteiger partial charge in [0.2, 0.25) is 5.76 Å². The third-order valence-corrected chi connectivity index (χ3v) is 2.98. The molecule has 0 bridgehead atoms. The number of hydrogen-bond donors (Lipinski definition) is 1. The van der Waals surface area contributed by atoms with Crippen molar-refractivity contribution >= 4 is 21.8 Å². The zero-order valence-corrected chi connectivity index (χ0v) is 11.4. The van der Waals surface area contributed by atoms with Crippen LogP contribution in [0.25, 0.3) is 0 Å². The molecule has 1 aromatic rings. The molecule has 0 fully saturated rings. The van der Waals surface area contributed by atoms with Crippen LogP contribution in [0.4, 0.5) is 0 Å². The number of carbonyl (C=O) groups is 1. The molecule has 1 aromatic heterocycles. The monoisotopic (exact) mass is 288 g/mol. The second-order valence-electron chi connectivity index (χ2n) is 3.74. The molecule has 90 valence electrons. The van der Waals surface area contributed by atoms with Gasteiger partial charge in [0, 0.05) is 18.3 Å². The number of carbonyl (C=O) groups excluding carboxylic acids is 1. The zero-order chi connectivity index (χ0) is 12.1. The minimum absolute atomic E-state index is 0.196. The molecule has 0 spiro atoms. The number of hydrogen-bond acceptors (Lipinski definition) is 3. The van der Waals surface area contributed by atoms with Crippen LogP contribution in [0.2, 0.25) is 0 Å². The lowest BCUT2D eigenvalue weighted by Gasteiger charge is -2.08. The molecule has 1 N–H and O–H groups in total. The van der Waals surface area contributed by atoms with Gasteiger partial charge in [-0.25, -0.2) is 4.98 Å². The van der Waals surface area contributed by atoms with Gasteiger partial charge in [-0.3, -0.25) is 4.79 Å². The Morgan fingerprint density at radius 3 is 2.75 bits per heavy atom. The lowest BCUT2D eigenvalue weighted by atomic mass is 10.2. The summed E-state index contributed by atoms with van der Waals surface area (Å²) >= 11 is 3.50. The third kappa shape index (κ3) is 3.63. The summed E-state index contributed by atoms with van der Waals surface area (Å²) in [4.78, 5) is 16.1. The molecule has 0 aromatic carbocycles. The molecule has 0 radical (unpaired) electrons. The predicted molar refractivity (Wildman–Crippen MR) is 65.9 cm³/mol. The van der Waals surface area contributed by atoms with Gasteiger partial charge in [-0.1, -0.05) is 29.3 Å². The molecule has 1 rings (SSSR count). The van der Waals surface area contributed by atoms with Crippen LogP contribution in [0.3, 0.4) is 0 Å². The Morgan fingerprint density at radius 2 is 2.25 bits per heavy atom. The number of nitrogens with zero attached hydrogens (tertiary/aromatic N) is 1. The molecule has 0 saturated carbocycles. The lowest BCUT2D eigenvalue weighted by molar-refractivity contribution is 0.0924. The fraction of sp³-hybridized carbons (Fsp3) is 0.636. The smallest absolute Gasteiger partial charge is 0.289 e. The van der Waals surface area contributed by atoms with Crippen molar-refractivity contribution in [1.82, 2.24) is 10.3 Å². The summed E-state index contributed by atoms with van der Waals surface area (Å²) in [5.41, 5.74) is 0.636. The highest BCUT2D eigenvalue weighted by Gasteiger charge is 2.16. The Bertz CT molecular complexity index is 363. The largest absolute Gasteiger partial charge is 0.436 e. The van der Waals surface area contributed by atoms with Gasteiger partial charge in [-0.2, -0.15) is 0 Å². The first-order valence-electron chi connectivity index (χ1n) is 5.40. The number of alkyl halides is 1. The Hall–Kier alpha value is -0.840. The highest BCUT2D eigenvalue weighted by molar-refractivity contribution is 9.09. The minimum atomic E-state index is -0.196. The fourth-order valence-electron chi connectivity index (χ4n) is 1.44. The fourth-order valence-corrected chi connectivity index (χ4v) is 2.06. The van der Waals surface area contributed by atoms with Crippen LogP contribution in [-0.2, 0) is 0 Å². The van der Waals surface area contributed by atoms with Crippen LogP contribution in [0.5, 0.6) is 0 Å². The average molecular weight is 289 g/mol. The Kier molecular flexibility index (Phi) is 4.99. The van der Waals surface area contributed by atoms with E-state index in [-0.39, 0.29) is 5.91 Å². The van der Waals surface area contributed by atoms with Crippen LogP contribution >= 0.6 is 15.9 Å². The van der Waals surface area contributed by atoms with Gasteiger partial charge < -0.3 is 9.73 Å². The van der Waals surface area contributed by atoms with E-state index in [4.69, 9.17) is 4.42 Å². The van der Waals surface area contributed by atoms with Crippen molar-refractivity contribution in [3.8, 4) is 0 Å². The van der Waals surface area contributed by atoms with Gasteiger partial charge in [-0.15, -0.1) is 0 Å². The van der Waals surface area contributed by atoms with Gasteiger partial charge in [0.25, 0.3) is 5.91 Å². The van der Waals surface area contributed by atoms with E-state index in [9.17, 15) is 4.79 Å². The normalized spacial score (nSPS) is 12.5. The summed E-state index contributed by atoms with van der Waals surface area (Å²) in [6.07, 6.45) is 2.13. The molecule has 4 nitrogen and oxygen atoms in total. The standard InChI is InChI=1S/C11H17BrN2O2/c1-4-5-9(12)6-13-11(15)10-7(2)14-8(3)16-10/h9H,4-6H2,1-3H3,(H,13,15). The Morgan fingerprint density at radius 1 is 1.56 bits per heavy atom. The summed E-state index contributed by atoms with van der Waals surface area (Å²) in [7, 11) is 0. The van der Waals surface area contributed by atoms with Crippen molar-refractivity contribution < 1.29 is 9.21 Å². The highest BCUT2D eigenvalue weighted by atomic mass is 79.9. The number of amides is 1. The molecule has 0 aliphatic rings. The molecule has 1 amide bonds. The van der Waals surface area contributed by atoms with Crippen molar-refractivity contribution in [2.24, 2.45) is 0 Å². The first-order chi connectivity index (χ1) is 7.54. The molecule has 1 atom stereocenters. The Labute approximate surface area is 104 Å². The maximum atomic E-state index is 11.7. The van der Waals surface area contributed by atoms with Crippen LogP contribution in [-0.4, -0.2) is 22.3 Å². The van der Waals surface area contributed by atoms with E-state index < -0.39 is 0 Å². The number of rotatable bonds is 5. The molecule has 0 aliphatic carbocycles. The second kappa shape index (κ2) is 6.03. The quantitative estimate of drug-likeness (QED) is 0.848. The second-order valence-corrected chi connectivity index (χ2v) is 5.04. The van der Waals surface area contributed by atoms with Gasteiger partial charge in [0.15, 0.2) is 5.89 Å². The first-order valence-corrected chi connectivity index (χ1v) is 6.32. The number of oxazole rings is 1. The number of aromatic nitrogens is 1. The van der Waals surface area contributed by atoms with E-state index in [0.717, 1.165) is 12.8 Å². The molecule has 16 heavy (non-hydrogen) atoms. The van der Waals surface area contributed by atoms with Crippen molar-refractivity contribution in [1.29, 1.82) is 0 Å². The van der Waals surface area contributed by atoms with Crippen molar-refractivity contribution in [3.63, 3.8) is 0 Å². The molecular weight excluding hydrogens is 272 g/mol. The van der Waals surface area contributed by atoms with Crippen LogP contribution in [0, 0.1) is 13.8 Å². The van der Waals surface area contributed by atoms with E-state index in [1.54, 1.807) is 13.8 Å². The van der Waals surface area contributed by atoms with E-state index in [2.05, 4.69) is 33.2 Å². The van der Waals surface area contributed by atoms with Gasteiger partial charge in [-0.05, 0) is 13.3 Å². The third-order valence-electron chi connectivity index (χ3n) is 2.20. The molecular formula is C11H17BrN2O2. The van der Waals surface area contributed by atoms with Crippen LogP contribution < -0.4 is 5.32 Å². The van der Waals surface area contributed by atoms with Crippen LogP contribution in [0.1, 0.15) is 41.9 Å². The SMILES string of the molecule is CCCC(Br)CNC(=O)c1oc(C)nc1C. The summed E-state index contributed by atoms with van der Waals surface area (Å²) < 4.78 is 5.23. The zero-order valence-electron chi connectivity index (χ0n) is 9.84. The molecule has 0 saturated heterocycles. The molecule has 1 heterocycles. The highest BCUT2D eigenvalue weighted by Crippen LogP contribution is 2.10. The van der Waals surface area contributed by atoms with Gasteiger partial charge in [0.05, 0.1) is 5.69 Å². The summed E-state index contributed by atoms with van der Waals surface area (Å²) in [5.74, 6) is 0.638. The number of halogens is 1. The van der Waals surface area contributed by atoms with E-state index in [1.807, 2.05) is 0 Å². The first kappa shape index (κ1) is 13.2. The molecule has 1 unspecified atom stereocenters.